The van der Waals surface area contributed by atoms with E-state index < -0.39 is 16.9 Å². The van der Waals surface area contributed by atoms with Crippen molar-refractivity contribution in [3.8, 4) is 5.75 Å². The van der Waals surface area contributed by atoms with Crippen LogP contribution in [0, 0.1) is 5.82 Å². The van der Waals surface area contributed by atoms with Crippen LogP contribution in [-0.4, -0.2) is 0 Å². The lowest BCUT2D eigenvalue weighted by Crippen LogP contribution is -2.43. The molecule has 0 radical (unpaired) electrons. The molecular formula is C29H23FN2O3. The summed E-state index contributed by atoms with van der Waals surface area (Å²) in [7, 11) is 0. The van der Waals surface area contributed by atoms with Crippen LogP contribution in [0.1, 0.15) is 35.7 Å². The molecular weight excluding hydrogens is 443 g/mol. The van der Waals surface area contributed by atoms with E-state index in [1.54, 1.807) is 24.3 Å². The second kappa shape index (κ2) is 9.52. The fourth-order valence-electron chi connectivity index (χ4n) is 4.34. The molecule has 0 saturated heterocycles. The lowest BCUT2D eigenvalue weighted by Gasteiger charge is -2.27. The van der Waals surface area contributed by atoms with Crippen LogP contribution in [0.15, 0.2) is 107 Å². The summed E-state index contributed by atoms with van der Waals surface area (Å²) in [6, 6.07) is 28.2. The van der Waals surface area contributed by atoms with Gasteiger partial charge in [-0.05, 0) is 53.1 Å². The topological polar surface area (TPSA) is 67.4 Å². The molecule has 174 valence electrons. The monoisotopic (exact) mass is 466 g/mol. The molecule has 5 aromatic carbocycles. The smallest absolute Gasteiger partial charge is 0.271 e. The Morgan fingerprint density at radius 1 is 0.771 bits per heavy atom. The first-order valence-electron chi connectivity index (χ1n) is 11.3. The maximum atomic E-state index is 13.7. The number of benzene rings is 4. The van der Waals surface area contributed by atoms with Gasteiger partial charge in [-0.3, -0.25) is 14.9 Å². The molecule has 0 aliphatic carbocycles. The third-order valence-corrected chi connectivity index (χ3v) is 6.14. The lowest BCUT2D eigenvalue weighted by atomic mass is 9.92. The molecule has 6 heteroatoms. The molecule has 5 aromatic rings. The second-order valence-electron chi connectivity index (χ2n) is 8.41. The Labute approximate surface area is 201 Å². The maximum Gasteiger partial charge on any atom is 0.271 e. The Kier molecular flexibility index (Phi) is 6.12. The minimum atomic E-state index is -0.699. The highest BCUT2D eigenvalue weighted by molar-refractivity contribution is 5.86. The minimum Gasteiger partial charge on any atom is -0.377 e. The lowest BCUT2D eigenvalue weighted by molar-refractivity contribution is 0.380. The minimum absolute atomic E-state index is 0.0502. The fourth-order valence-corrected chi connectivity index (χ4v) is 4.34. The first-order chi connectivity index (χ1) is 17.0. The summed E-state index contributed by atoms with van der Waals surface area (Å²) in [6.45, 7) is 1.99. The molecule has 2 atom stereocenters. The third kappa shape index (κ3) is 4.44. The van der Waals surface area contributed by atoms with Gasteiger partial charge >= 0.3 is 0 Å². The van der Waals surface area contributed by atoms with Crippen LogP contribution in [-0.2, 0) is 0 Å². The quantitative estimate of drug-likeness (QED) is 0.236. The SMILES string of the molecule is CC(NC(c1ccc(F)cc1)c1c(ONc2ccccc2)c(=O)c1=O)c1cccc2ccccc12. The van der Waals surface area contributed by atoms with E-state index in [2.05, 4.69) is 10.8 Å². The van der Waals surface area contributed by atoms with Crippen LogP contribution < -0.4 is 26.5 Å². The first kappa shape index (κ1) is 22.5. The molecule has 0 aliphatic rings. The average molecular weight is 467 g/mol. The van der Waals surface area contributed by atoms with Gasteiger partial charge in [0.05, 0.1) is 17.3 Å². The molecule has 0 fully saturated rings. The Hall–Kier alpha value is -4.29. The number of halogens is 1. The Bertz CT molecular complexity index is 1540. The molecule has 5 rings (SSSR count). The molecule has 0 spiro atoms. The molecule has 0 aromatic heterocycles. The van der Waals surface area contributed by atoms with Gasteiger partial charge in [0.2, 0.25) is 11.2 Å². The summed E-state index contributed by atoms with van der Waals surface area (Å²) in [5.41, 5.74) is 3.95. The molecule has 5 nitrogen and oxygen atoms in total. The van der Waals surface area contributed by atoms with E-state index in [-0.39, 0.29) is 23.2 Å². The van der Waals surface area contributed by atoms with Crippen molar-refractivity contribution in [2.75, 3.05) is 5.48 Å². The average Bonchev–Trinajstić information content (AvgIpc) is 2.90. The standard InChI is InChI=1S/C29H23FN2O3/c1-18(23-13-7-9-19-8-5-6-12-24(19)23)31-26(20-14-16-21(30)17-15-20)25-27(33)28(34)29(25)35-32-22-10-3-2-4-11-22/h2-18,26,31-32H,1H3. The molecule has 2 N–H and O–H groups in total. The van der Waals surface area contributed by atoms with E-state index in [1.807, 2.05) is 67.6 Å². The van der Waals surface area contributed by atoms with Gasteiger partial charge in [0.15, 0.2) is 0 Å². The second-order valence-corrected chi connectivity index (χ2v) is 8.41. The molecule has 0 aliphatic heterocycles. The van der Waals surface area contributed by atoms with E-state index in [0.717, 1.165) is 16.3 Å². The normalized spacial score (nSPS) is 13.0. The van der Waals surface area contributed by atoms with Crippen molar-refractivity contribution in [1.82, 2.24) is 5.32 Å². The Morgan fingerprint density at radius 2 is 1.46 bits per heavy atom. The van der Waals surface area contributed by atoms with Gasteiger partial charge in [-0.15, -0.1) is 0 Å². The van der Waals surface area contributed by atoms with Crippen molar-refractivity contribution in [2.45, 2.75) is 19.0 Å². The predicted octanol–water partition coefficient (Wildman–Crippen LogP) is 5.42. The highest BCUT2D eigenvalue weighted by Crippen LogP contribution is 2.32. The van der Waals surface area contributed by atoms with Crippen molar-refractivity contribution >= 4 is 16.5 Å². The number of hydrogen-bond acceptors (Lipinski definition) is 5. The van der Waals surface area contributed by atoms with E-state index in [4.69, 9.17) is 4.84 Å². The van der Waals surface area contributed by atoms with E-state index in [0.29, 0.717) is 11.3 Å². The molecule has 0 heterocycles. The van der Waals surface area contributed by atoms with Gasteiger partial charge in [0, 0.05) is 6.04 Å². The van der Waals surface area contributed by atoms with Gasteiger partial charge in [-0.25, -0.2) is 9.87 Å². The van der Waals surface area contributed by atoms with Crippen molar-refractivity contribution < 1.29 is 9.23 Å². The molecule has 0 bridgehead atoms. The number of fused-ring (bicyclic) bond motifs is 1. The van der Waals surface area contributed by atoms with Crippen molar-refractivity contribution in [3.05, 3.63) is 140 Å². The number of nitrogens with one attached hydrogen (secondary N) is 2. The largest absolute Gasteiger partial charge is 0.377 e. The molecule has 0 saturated carbocycles. The number of rotatable bonds is 8. The van der Waals surface area contributed by atoms with Crippen molar-refractivity contribution in [1.29, 1.82) is 0 Å². The maximum absolute atomic E-state index is 13.7. The van der Waals surface area contributed by atoms with Crippen molar-refractivity contribution in [2.24, 2.45) is 0 Å². The highest BCUT2D eigenvalue weighted by Gasteiger charge is 2.32. The first-order valence-corrected chi connectivity index (χ1v) is 11.3. The number of para-hydroxylation sites is 1. The summed E-state index contributed by atoms with van der Waals surface area (Å²) in [5, 5.41) is 5.66. The zero-order chi connectivity index (χ0) is 24.4. The van der Waals surface area contributed by atoms with E-state index >= 15 is 0 Å². The predicted molar refractivity (Wildman–Crippen MR) is 136 cm³/mol. The van der Waals surface area contributed by atoms with Crippen LogP contribution in [0.3, 0.4) is 0 Å². The van der Waals surface area contributed by atoms with Crippen LogP contribution in [0.2, 0.25) is 0 Å². The number of hydrogen-bond donors (Lipinski definition) is 2. The fraction of sp³-hybridized carbons (Fsp3) is 0.103. The van der Waals surface area contributed by atoms with Gasteiger partial charge < -0.3 is 4.84 Å². The summed E-state index contributed by atoms with van der Waals surface area (Å²) < 4.78 is 13.7. The van der Waals surface area contributed by atoms with Crippen LogP contribution >= 0.6 is 0 Å². The van der Waals surface area contributed by atoms with Gasteiger partial charge in [-0.2, -0.15) is 0 Å². The van der Waals surface area contributed by atoms with Crippen LogP contribution in [0.5, 0.6) is 5.75 Å². The van der Waals surface area contributed by atoms with Crippen LogP contribution in [0.4, 0.5) is 10.1 Å². The highest BCUT2D eigenvalue weighted by atomic mass is 19.1. The Balaban J connectivity index is 1.51. The van der Waals surface area contributed by atoms with Crippen molar-refractivity contribution in [3.63, 3.8) is 0 Å². The molecule has 0 amide bonds. The Morgan fingerprint density at radius 3 is 2.23 bits per heavy atom. The third-order valence-electron chi connectivity index (χ3n) is 6.14. The summed E-state index contributed by atoms with van der Waals surface area (Å²) in [6.07, 6.45) is 0. The molecule has 2 unspecified atom stereocenters. The summed E-state index contributed by atoms with van der Waals surface area (Å²) >= 11 is 0. The van der Waals surface area contributed by atoms with Crippen LogP contribution in [0.25, 0.3) is 10.8 Å². The molecule has 35 heavy (non-hydrogen) atoms. The van der Waals surface area contributed by atoms with E-state index in [1.165, 1.54) is 12.1 Å². The van der Waals surface area contributed by atoms with Gasteiger partial charge in [0.25, 0.3) is 5.43 Å². The number of anilines is 1. The summed E-state index contributed by atoms with van der Waals surface area (Å²) in [4.78, 5) is 30.8. The summed E-state index contributed by atoms with van der Waals surface area (Å²) in [5.74, 6) is -0.437. The zero-order valence-electron chi connectivity index (χ0n) is 19.0. The van der Waals surface area contributed by atoms with E-state index in [9.17, 15) is 14.0 Å². The zero-order valence-corrected chi connectivity index (χ0v) is 19.0. The van der Waals surface area contributed by atoms with Gasteiger partial charge in [0.1, 0.15) is 5.82 Å². The van der Waals surface area contributed by atoms with Gasteiger partial charge in [-0.1, -0.05) is 72.8 Å².